The molecule has 27 heavy (non-hydrogen) atoms. The number of benzene rings is 2. The largest absolute Gasteiger partial charge is 0.352 e. The van der Waals surface area contributed by atoms with Crippen LogP contribution in [0.4, 0.5) is 15.9 Å². The maximum absolute atomic E-state index is 13.9. The van der Waals surface area contributed by atoms with Crippen molar-refractivity contribution in [3.05, 3.63) is 87.7 Å². The Morgan fingerprint density at radius 2 is 1.81 bits per heavy atom. The number of hydrogen-bond acceptors (Lipinski definition) is 4. The van der Waals surface area contributed by atoms with E-state index in [4.69, 9.17) is 0 Å². The summed E-state index contributed by atoms with van der Waals surface area (Å²) in [5.41, 5.74) is 2.77. The predicted molar refractivity (Wildman–Crippen MR) is 102 cm³/mol. The van der Waals surface area contributed by atoms with Gasteiger partial charge in [-0.15, -0.1) is 5.10 Å². The average molecular weight is 363 g/mol. The van der Waals surface area contributed by atoms with E-state index in [1.54, 1.807) is 24.3 Å². The van der Waals surface area contributed by atoms with E-state index in [2.05, 4.69) is 15.4 Å². The molecule has 2 aromatic heterocycles. The van der Waals surface area contributed by atoms with E-state index in [1.165, 1.54) is 15.1 Å². The normalized spacial score (nSPS) is 11.1. The molecule has 0 spiro atoms. The lowest BCUT2D eigenvalue weighted by Crippen LogP contribution is -2.23. The Morgan fingerprint density at radius 1 is 1.07 bits per heavy atom. The number of aromatic nitrogens is 4. The molecular formula is C20H18FN5O. The monoisotopic (exact) mass is 363 g/mol. The Balaban J connectivity index is 1.74. The Labute approximate surface area is 154 Å². The maximum atomic E-state index is 13.9. The minimum atomic E-state index is -0.368. The van der Waals surface area contributed by atoms with Crippen LogP contribution in [0.1, 0.15) is 16.8 Å². The molecule has 0 radical (unpaired) electrons. The number of fused-ring (bicyclic) bond motifs is 1. The highest BCUT2D eigenvalue weighted by Crippen LogP contribution is 2.19. The van der Waals surface area contributed by atoms with Gasteiger partial charge in [0, 0.05) is 23.0 Å². The first-order valence-corrected chi connectivity index (χ1v) is 8.56. The molecule has 0 unspecified atom stereocenters. The molecule has 0 bridgehead atoms. The van der Waals surface area contributed by atoms with Crippen molar-refractivity contribution in [3.63, 3.8) is 0 Å². The lowest BCUT2D eigenvalue weighted by molar-refractivity contribution is 0.578. The highest BCUT2D eigenvalue weighted by Gasteiger charge is 2.14. The number of nitrogens with zero attached hydrogens (tertiary/aromatic N) is 4. The molecule has 2 heterocycles. The van der Waals surface area contributed by atoms with Crippen molar-refractivity contribution in [3.8, 4) is 0 Å². The zero-order valence-electron chi connectivity index (χ0n) is 15.0. The SMILES string of the molecule is Cc1ccccc1Nc1cc(C)n2c(=O)n(Cc3ccccc3F)nc2n1. The number of hydrogen-bond donors (Lipinski definition) is 1. The Bertz CT molecular complexity index is 1190. The van der Waals surface area contributed by atoms with Crippen LogP contribution in [0.3, 0.4) is 0 Å². The Hall–Kier alpha value is -3.48. The van der Waals surface area contributed by atoms with Crippen LogP contribution >= 0.6 is 0 Å². The van der Waals surface area contributed by atoms with E-state index in [1.807, 2.05) is 38.1 Å². The predicted octanol–water partition coefficient (Wildman–Crippen LogP) is 3.44. The van der Waals surface area contributed by atoms with Gasteiger partial charge in [-0.3, -0.25) is 0 Å². The van der Waals surface area contributed by atoms with Gasteiger partial charge in [-0.05, 0) is 31.5 Å². The van der Waals surface area contributed by atoms with E-state index >= 15 is 0 Å². The molecule has 4 aromatic rings. The number of rotatable bonds is 4. The molecule has 0 aliphatic carbocycles. The molecule has 0 atom stereocenters. The van der Waals surface area contributed by atoms with Crippen LogP contribution in [0.15, 0.2) is 59.4 Å². The molecule has 0 fully saturated rings. The molecule has 0 aliphatic heterocycles. The van der Waals surface area contributed by atoms with Crippen LogP contribution in [-0.2, 0) is 6.54 Å². The minimum Gasteiger partial charge on any atom is -0.340 e. The van der Waals surface area contributed by atoms with Crippen molar-refractivity contribution >= 4 is 17.3 Å². The lowest BCUT2D eigenvalue weighted by atomic mass is 10.2. The van der Waals surface area contributed by atoms with Crippen LogP contribution in [0.25, 0.3) is 5.78 Å². The molecule has 0 saturated carbocycles. The summed E-state index contributed by atoms with van der Waals surface area (Å²) in [6, 6.07) is 16.0. The fourth-order valence-electron chi connectivity index (χ4n) is 2.99. The number of halogens is 1. The van der Waals surface area contributed by atoms with E-state index in [0.29, 0.717) is 17.1 Å². The molecule has 0 amide bonds. The number of aryl methyl sites for hydroxylation is 2. The van der Waals surface area contributed by atoms with Gasteiger partial charge in [0.1, 0.15) is 11.6 Å². The number of nitrogens with one attached hydrogen (secondary N) is 1. The third-order valence-electron chi connectivity index (χ3n) is 4.43. The fraction of sp³-hybridized carbons (Fsp3) is 0.150. The highest BCUT2D eigenvalue weighted by atomic mass is 19.1. The van der Waals surface area contributed by atoms with Gasteiger partial charge in [0.2, 0.25) is 0 Å². The summed E-state index contributed by atoms with van der Waals surface area (Å²) in [5.74, 6) is 0.498. The molecule has 6 nitrogen and oxygen atoms in total. The van der Waals surface area contributed by atoms with Gasteiger partial charge in [-0.2, -0.15) is 4.98 Å². The average Bonchev–Trinajstić information content (AvgIpc) is 2.95. The van der Waals surface area contributed by atoms with E-state index < -0.39 is 0 Å². The molecule has 0 aliphatic rings. The van der Waals surface area contributed by atoms with Crippen LogP contribution in [0, 0.1) is 19.7 Å². The first kappa shape index (κ1) is 17.0. The first-order valence-electron chi connectivity index (χ1n) is 8.56. The van der Waals surface area contributed by atoms with Crippen LogP contribution in [-0.4, -0.2) is 19.2 Å². The van der Waals surface area contributed by atoms with E-state index in [9.17, 15) is 9.18 Å². The van der Waals surface area contributed by atoms with Crippen molar-refractivity contribution < 1.29 is 4.39 Å². The van der Waals surface area contributed by atoms with Gasteiger partial charge in [-0.25, -0.2) is 18.3 Å². The molecule has 0 saturated heterocycles. The molecule has 7 heteroatoms. The summed E-state index contributed by atoms with van der Waals surface area (Å²) in [5, 5.41) is 7.54. The second-order valence-electron chi connectivity index (χ2n) is 6.39. The molecule has 4 rings (SSSR count). The van der Waals surface area contributed by atoms with Crippen molar-refractivity contribution in [2.45, 2.75) is 20.4 Å². The molecule has 2 aromatic carbocycles. The topological polar surface area (TPSA) is 64.2 Å². The summed E-state index contributed by atoms with van der Waals surface area (Å²) in [6.45, 7) is 3.87. The van der Waals surface area contributed by atoms with Crippen molar-refractivity contribution in [2.75, 3.05) is 5.32 Å². The third-order valence-corrected chi connectivity index (χ3v) is 4.43. The number of anilines is 2. The van der Waals surface area contributed by atoms with Crippen molar-refractivity contribution in [1.29, 1.82) is 0 Å². The van der Waals surface area contributed by atoms with Gasteiger partial charge >= 0.3 is 5.69 Å². The molecular weight excluding hydrogens is 345 g/mol. The van der Waals surface area contributed by atoms with Crippen LogP contribution in [0.5, 0.6) is 0 Å². The van der Waals surface area contributed by atoms with Gasteiger partial charge in [0.15, 0.2) is 0 Å². The number of para-hydroxylation sites is 1. The summed E-state index contributed by atoms with van der Waals surface area (Å²) in [7, 11) is 0. The lowest BCUT2D eigenvalue weighted by Gasteiger charge is -2.09. The van der Waals surface area contributed by atoms with Gasteiger partial charge in [0.25, 0.3) is 5.78 Å². The van der Waals surface area contributed by atoms with Gasteiger partial charge in [-0.1, -0.05) is 36.4 Å². The zero-order valence-corrected chi connectivity index (χ0v) is 15.0. The second kappa shape index (κ2) is 6.68. The Kier molecular flexibility index (Phi) is 4.19. The highest BCUT2D eigenvalue weighted by molar-refractivity contribution is 5.61. The Morgan fingerprint density at radius 3 is 2.59 bits per heavy atom. The van der Waals surface area contributed by atoms with Crippen LogP contribution in [0.2, 0.25) is 0 Å². The minimum absolute atomic E-state index is 0.0505. The summed E-state index contributed by atoms with van der Waals surface area (Å²) < 4.78 is 16.6. The van der Waals surface area contributed by atoms with Gasteiger partial charge in [0.05, 0.1) is 6.54 Å². The molecule has 136 valence electrons. The summed E-state index contributed by atoms with van der Waals surface area (Å²) >= 11 is 0. The zero-order chi connectivity index (χ0) is 19.0. The quantitative estimate of drug-likeness (QED) is 0.603. The molecule has 1 N–H and O–H groups in total. The van der Waals surface area contributed by atoms with E-state index in [0.717, 1.165) is 11.3 Å². The van der Waals surface area contributed by atoms with E-state index in [-0.39, 0.29) is 23.8 Å². The van der Waals surface area contributed by atoms with Crippen molar-refractivity contribution in [1.82, 2.24) is 19.2 Å². The maximum Gasteiger partial charge on any atom is 0.352 e. The van der Waals surface area contributed by atoms with Crippen molar-refractivity contribution in [2.24, 2.45) is 0 Å². The second-order valence-corrected chi connectivity index (χ2v) is 6.39. The first-order chi connectivity index (χ1) is 13.0. The fourth-order valence-corrected chi connectivity index (χ4v) is 2.99. The summed E-state index contributed by atoms with van der Waals surface area (Å²) in [4.78, 5) is 17.1. The standard InChI is InChI=1S/C20H18FN5O/c1-13-7-3-6-10-17(13)22-18-11-14(2)26-19(23-18)24-25(20(26)27)12-15-8-4-5-9-16(15)21/h3-11H,12H2,1-2H3,(H,22,23,24). The smallest absolute Gasteiger partial charge is 0.340 e. The van der Waals surface area contributed by atoms with Crippen LogP contribution < -0.4 is 11.0 Å². The van der Waals surface area contributed by atoms with Gasteiger partial charge < -0.3 is 5.32 Å². The summed E-state index contributed by atoms with van der Waals surface area (Å²) in [6.07, 6.45) is 0. The third kappa shape index (κ3) is 3.19.